The molecule has 2 nitrogen and oxygen atoms in total. The summed E-state index contributed by atoms with van der Waals surface area (Å²) in [6.07, 6.45) is 0.552. The lowest BCUT2D eigenvalue weighted by atomic mass is 9.99. The van der Waals surface area contributed by atoms with Crippen molar-refractivity contribution in [2.75, 3.05) is 6.61 Å². The molecule has 1 heterocycles. The van der Waals surface area contributed by atoms with Crippen LogP contribution < -0.4 is 4.74 Å². The largest absolute Gasteiger partial charge is 0.493 e. The second kappa shape index (κ2) is 5.54. The summed E-state index contributed by atoms with van der Waals surface area (Å²) < 4.78 is 19.8. The number of rotatable bonds is 3. The van der Waals surface area contributed by atoms with E-state index in [-0.39, 0.29) is 5.82 Å². The van der Waals surface area contributed by atoms with Crippen LogP contribution in [0, 0.1) is 5.82 Å². The van der Waals surface area contributed by atoms with Crippen LogP contribution in [-0.2, 0) is 12.8 Å². The summed E-state index contributed by atoms with van der Waals surface area (Å²) in [5, 5.41) is 10.3. The van der Waals surface area contributed by atoms with Gasteiger partial charge in [0.1, 0.15) is 11.6 Å². The molecule has 20 heavy (non-hydrogen) atoms. The van der Waals surface area contributed by atoms with Gasteiger partial charge in [-0.25, -0.2) is 4.39 Å². The standard InChI is InChI=1S/C16H14BrFO2/c17-13-6-11-4-5-20-16(11)12(7-13)9-15(19)10-2-1-3-14(18)8-10/h1-3,6-8,15,19H,4-5,9H2. The Hall–Kier alpha value is -1.39. The SMILES string of the molecule is OC(Cc1cc(Br)cc2c1OCC2)c1cccc(F)c1. The van der Waals surface area contributed by atoms with Gasteiger partial charge in [0.05, 0.1) is 12.7 Å². The highest BCUT2D eigenvalue weighted by molar-refractivity contribution is 9.10. The van der Waals surface area contributed by atoms with E-state index in [1.54, 1.807) is 12.1 Å². The zero-order valence-electron chi connectivity index (χ0n) is 10.8. The maximum Gasteiger partial charge on any atom is 0.125 e. The highest BCUT2D eigenvalue weighted by Gasteiger charge is 2.20. The van der Waals surface area contributed by atoms with Crippen molar-refractivity contribution in [2.24, 2.45) is 0 Å². The summed E-state index contributed by atoms with van der Waals surface area (Å²) in [6.45, 7) is 0.675. The van der Waals surface area contributed by atoms with Gasteiger partial charge in [-0.05, 0) is 41.0 Å². The van der Waals surface area contributed by atoms with Crippen LogP contribution in [0.15, 0.2) is 40.9 Å². The molecule has 0 amide bonds. The molecule has 1 aliphatic heterocycles. The van der Waals surface area contributed by atoms with Crippen molar-refractivity contribution in [1.29, 1.82) is 0 Å². The third-order valence-corrected chi connectivity index (χ3v) is 3.93. The first-order chi connectivity index (χ1) is 9.63. The van der Waals surface area contributed by atoms with Gasteiger partial charge < -0.3 is 9.84 Å². The van der Waals surface area contributed by atoms with Crippen LogP contribution in [0.4, 0.5) is 4.39 Å². The molecule has 104 valence electrons. The lowest BCUT2D eigenvalue weighted by Crippen LogP contribution is -2.04. The van der Waals surface area contributed by atoms with E-state index in [4.69, 9.17) is 4.74 Å². The molecule has 0 bridgehead atoms. The number of aliphatic hydroxyl groups excluding tert-OH is 1. The zero-order chi connectivity index (χ0) is 14.1. The Labute approximate surface area is 125 Å². The number of aliphatic hydroxyl groups is 1. The summed E-state index contributed by atoms with van der Waals surface area (Å²) >= 11 is 3.48. The van der Waals surface area contributed by atoms with Crippen molar-refractivity contribution in [2.45, 2.75) is 18.9 Å². The van der Waals surface area contributed by atoms with E-state index >= 15 is 0 Å². The van der Waals surface area contributed by atoms with E-state index in [0.717, 1.165) is 27.8 Å². The summed E-state index contributed by atoms with van der Waals surface area (Å²) in [4.78, 5) is 0. The second-order valence-electron chi connectivity index (χ2n) is 4.93. The minimum absolute atomic E-state index is 0.336. The van der Waals surface area contributed by atoms with Crippen LogP contribution in [0.1, 0.15) is 22.8 Å². The average Bonchev–Trinajstić information content (AvgIpc) is 2.86. The quantitative estimate of drug-likeness (QED) is 0.923. The van der Waals surface area contributed by atoms with Gasteiger partial charge in [0.15, 0.2) is 0 Å². The number of hydrogen-bond acceptors (Lipinski definition) is 2. The first kappa shape index (κ1) is 13.6. The van der Waals surface area contributed by atoms with Crippen LogP contribution >= 0.6 is 15.9 Å². The summed E-state index contributed by atoms with van der Waals surface area (Å²) in [5.41, 5.74) is 2.68. The monoisotopic (exact) mass is 336 g/mol. The highest BCUT2D eigenvalue weighted by Crippen LogP contribution is 2.35. The molecule has 0 radical (unpaired) electrons. The normalized spacial score (nSPS) is 14.8. The zero-order valence-corrected chi connectivity index (χ0v) is 12.4. The first-order valence-electron chi connectivity index (χ1n) is 6.51. The smallest absolute Gasteiger partial charge is 0.125 e. The Balaban J connectivity index is 1.88. The number of halogens is 2. The Kier molecular flexibility index (Phi) is 3.76. The Morgan fingerprint density at radius 1 is 1.30 bits per heavy atom. The van der Waals surface area contributed by atoms with Crippen LogP contribution in [0.2, 0.25) is 0 Å². The maximum atomic E-state index is 13.2. The van der Waals surface area contributed by atoms with Crippen molar-refractivity contribution in [1.82, 2.24) is 0 Å². The van der Waals surface area contributed by atoms with E-state index < -0.39 is 6.10 Å². The maximum absolute atomic E-state index is 13.2. The first-order valence-corrected chi connectivity index (χ1v) is 7.30. The molecule has 0 saturated carbocycles. The van der Waals surface area contributed by atoms with Crippen molar-refractivity contribution in [3.05, 3.63) is 63.4 Å². The molecule has 1 unspecified atom stereocenters. The van der Waals surface area contributed by atoms with Crippen LogP contribution in [-0.4, -0.2) is 11.7 Å². The van der Waals surface area contributed by atoms with Crippen LogP contribution in [0.3, 0.4) is 0 Å². The molecular formula is C16H14BrFO2. The van der Waals surface area contributed by atoms with E-state index in [1.807, 2.05) is 12.1 Å². The molecule has 0 saturated heterocycles. The number of benzene rings is 2. The van der Waals surface area contributed by atoms with E-state index in [9.17, 15) is 9.50 Å². The summed E-state index contributed by atoms with van der Waals surface area (Å²) in [6, 6.07) is 10.1. The van der Waals surface area contributed by atoms with Gasteiger partial charge in [-0.2, -0.15) is 0 Å². The average molecular weight is 337 g/mol. The minimum atomic E-state index is -0.742. The number of fused-ring (bicyclic) bond motifs is 1. The molecule has 2 aromatic rings. The van der Waals surface area contributed by atoms with E-state index in [2.05, 4.69) is 15.9 Å². The van der Waals surface area contributed by atoms with Crippen molar-refractivity contribution >= 4 is 15.9 Å². The minimum Gasteiger partial charge on any atom is -0.493 e. The van der Waals surface area contributed by atoms with Gasteiger partial charge >= 0.3 is 0 Å². The van der Waals surface area contributed by atoms with Gasteiger partial charge in [-0.1, -0.05) is 28.1 Å². The lowest BCUT2D eigenvalue weighted by molar-refractivity contribution is 0.176. The van der Waals surface area contributed by atoms with Crippen LogP contribution in [0.5, 0.6) is 5.75 Å². The van der Waals surface area contributed by atoms with Gasteiger partial charge in [-0.3, -0.25) is 0 Å². The Morgan fingerprint density at radius 2 is 2.15 bits per heavy atom. The predicted molar refractivity (Wildman–Crippen MR) is 78.4 cm³/mol. The van der Waals surface area contributed by atoms with Crippen molar-refractivity contribution < 1.29 is 14.2 Å². The fourth-order valence-corrected chi connectivity index (χ4v) is 3.09. The molecule has 1 atom stereocenters. The van der Waals surface area contributed by atoms with Gasteiger partial charge in [-0.15, -0.1) is 0 Å². The van der Waals surface area contributed by atoms with Crippen molar-refractivity contribution in [3.63, 3.8) is 0 Å². The second-order valence-corrected chi connectivity index (χ2v) is 5.84. The highest BCUT2D eigenvalue weighted by atomic mass is 79.9. The van der Waals surface area contributed by atoms with Gasteiger partial charge in [0.25, 0.3) is 0 Å². The van der Waals surface area contributed by atoms with E-state index in [1.165, 1.54) is 12.1 Å². The third kappa shape index (κ3) is 2.72. The molecule has 4 heteroatoms. The van der Waals surface area contributed by atoms with Gasteiger partial charge in [0, 0.05) is 17.3 Å². The third-order valence-electron chi connectivity index (χ3n) is 3.47. The topological polar surface area (TPSA) is 29.5 Å². The molecular weight excluding hydrogens is 323 g/mol. The molecule has 1 aliphatic rings. The van der Waals surface area contributed by atoms with Crippen molar-refractivity contribution in [3.8, 4) is 5.75 Å². The molecule has 2 aromatic carbocycles. The fourth-order valence-electron chi connectivity index (χ4n) is 2.54. The molecule has 0 spiro atoms. The summed E-state index contributed by atoms with van der Waals surface area (Å²) in [7, 11) is 0. The Morgan fingerprint density at radius 3 is 2.95 bits per heavy atom. The number of ether oxygens (including phenoxy) is 1. The summed E-state index contributed by atoms with van der Waals surface area (Å²) in [5.74, 6) is 0.529. The molecule has 0 aliphatic carbocycles. The van der Waals surface area contributed by atoms with Gasteiger partial charge in [0.2, 0.25) is 0 Å². The number of hydrogen-bond donors (Lipinski definition) is 1. The predicted octanol–water partition coefficient (Wildman–Crippen LogP) is 3.80. The molecule has 0 fully saturated rings. The van der Waals surface area contributed by atoms with E-state index in [0.29, 0.717) is 18.6 Å². The lowest BCUT2D eigenvalue weighted by Gasteiger charge is -2.14. The molecule has 0 aromatic heterocycles. The molecule has 3 rings (SSSR count). The Bertz CT molecular complexity index is 642. The molecule has 1 N–H and O–H groups in total. The van der Waals surface area contributed by atoms with Crippen LogP contribution in [0.25, 0.3) is 0 Å². The fraction of sp³-hybridized carbons (Fsp3) is 0.250.